The summed E-state index contributed by atoms with van der Waals surface area (Å²) >= 11 is 5.54. The Morgan fingerprint density at radius 2 is 0.821 bits per heavy atom. The van der Waals surface area contributed by atoms with Crippen molar-refractivity contribution in [1.82, 2.24) is 0 Å². The summed E-state index contributed by atoms with van der Waals surface area (Å²) in [6, 6.07) is 38.9. The van der Waals surface area contributed by atoms with Crippen LogP contribution in [0.15, 0.2) is 109 Å². The van der Waals surface area contributed by atoms with Gasteiger partial charge < -0.3 is 0 Å². The van der Waals surface area contributed by atoms with Crippen LogP contribution in [0.25, 0.3) is 22.3 Å². The lowest BCUT2D eigenvalue weighted by atomic mass is 10.1. The molecule has 0 unspecified atom stereocenters. The van der Waals surface area contributed by atoms with Gasteiger partial charge in [-0.1, -0.05) is 128 Å². The summed E-state index contributed by atoms with van der Waals surface area (Å²) in [5, 5.41) is 2.68. The largest absolute Gasteiger partial charge is 0.149 e. The number of hydrogen-bond acceptors (Lipinski definition) is 1. The second-order valence-electron chi connectivity index (χ2n) is 7.21. The van der Waals surface area contributed by atoms with E-state index in [-0.39, 0.29) is 0 Å². The van der Waals surface area contributed by atoms with Crippen LogP contribution in [0.5, 0.6) is 0 Å². The average Bonchev–Trinajstić information content (AvgIpc) is 2.80. The van der Waals surface area contributed by atoms with Gasteiger partial charge >= 0.3 is 0 Å². The molecule has 0 heterocycles. The zero-order chi connectivity index (χ0) is 19.4. The molecule has 0 aliphatic rings. The molecule has 0 aliphatic carbocycles. The summed E-state index contributed by atoms with van der Waals surface area (Å²) < 4.78 is 0. The van der Waals surface area contributed by atoms with E-state index in [0.717, 1.165) is 0 Å². The topological polar surface area (TPSA) is 0 Å². The van der Waals surface area contributed by atoms with Crippen LogP contribution in [0.1, 0.15) is 0 Å². The molecule has 4 rings (SSSR count). The Hall–Kier alpha value is -2.81. The van der Waals surface area contributed by atoms with Gasteiger partial charge in [0.15, 0.2) is 0 Å². The molecule has 0 amide bonds. The van der Waals surface area contributed by atoms with Crippen molar-refractivity contribution < 1.29 is 0 Å². The molecule has 0 radical (unpaired) electrons. The minimum absolute atomic E-state index is 1.24. The third-order valence-electron chi connectivity index (χ3n) is 5.42. The van der Waals surface area contributed by atoms with Gasteiger partial charge in [-0.05, 0) is 37.6 Å². The zero-order valence-corrected chi connectivity index (χ0v) is 17.7. The first kappa shape index (κ1) is 18.5. The first-order valence-electron chi connectivity index (χ1n) is 9.49. The van der Waals surface area contributed by atoms with E-state index in [4.69, 9.17) is 12.2 Å². The van der Waals surface area contributed by atoms with Crippen LogP contribution in [0, 0.1) is 0 Å². The molecule has 0 bridgehead atoms. The fourth-order valence-electron chi connectivity index (χ4n) is 3.58. The van der Waals surface area contributed by atoms with Crippen molar-refractivity contribution in [1.29, 1.82) is 0 Å². The van der Waals surface area contributed by atoms with E-state index in [1.807, 2.05) is 17.1 Å². The molecule has 0 fully saturated rings. The average molecular weight is 395 g/mol. The van der Waals surface area contributed by atoms with E-state index in [0.29, 0.717) is 0 Å². The van der Waals surface area contributed by atoms with E-state index < -0.39 is 8.07 Å². The molecule has 4 aromatic rings. The summed E-state index contributed by atoms with van der Waals surface area (Å²) in [6.07, 6.45) is 0. The highest BCUT2D eigenvalue weighted by Gasteiger charge is 2.29. The van der Waals surface area contributed by atoms with Crippen LogP contribution in [-0.4, -0.2) is 13.1 Å². The maximum atomic E-state index is 5.54. The van der Waals surface area contributed by atoms with Crippen LogP contribution in [0.4, 0.5) is 0 Å². The Kier molecular flexibility index (Phi) is 5.33. The van der Waals surface area contributed by atoms with Crippen molar-refractivity contribution in [3.63, 3.8) is 0 Å². The van der Waals surface area contributed by atoms with Crippen LogP contribution in [0.3, 0.4) is 0 Å². The lowest BCUT2D eigenvalue weighted by molar-refractivity contribution is 1.62. The predicted octanol–water partition coefficient (Wildman–Crippen LogP) is 5.75. The fraction of sp³-hybridized carbons (Fsp3) is 0.0385. The maximum Gasteiger partial charge on any atom is 0.149 e. The van der Waals surface area contributed by atoms with Crippen molar-refractivity contribution in [2.45, 2.75) is 6.55 Å². The van der Waals surface area contributed by atoms with Gasteiger partial charge in [-0.15, -0.1) is 0 Å². The molecule has 2 heteroatoms. The second kappa shape index (κ2) is 8.05. The van der Waals surface area contributed by atoms with Gasteiger partial charge in [0.05, 0.1) is 0 Å². The monoisotopic (exact) mass is 394 g/mol. The summed E-state index contributed by atoms with van der Waals surface area (Å²) in [5.74, 6) is 0. The smallest absolute Gasteiger partial charge is 0.0975 e. The van der Waals surface area contributed by atoms with E-state index >= 15 is 0 Å². The summed E-state index contributed by atoms with van der Waals surface area (Å²) in [4.78, 5) is 2.02. The van der Waals surface area contributed by atoms with Crippen LogP contribution < -0.4 is 10.4 Å². The van der Waals surface area contributed by atoms with Crippen molar-refractivity contribution in [3.05, 3.63) is 109 Å². The zero-order valence-electron chi connectivity index (χ0n) is 15.9. The van der Waals surface area contributed by atoms with Gasteiger partial charge in [0.1, 0.15) is 8.07 Å². The lowest BCUT2D eigenvalue weighted by Crippen LogP contribution is -2.57. The quantitative estimate of drug-likeness (QED) is 0.307. The molecule has 0 atom stereocenters. The number of benzene rings is 4. The summed E-state index contributed by atoms with van der Waals surface area (Å²) in [7, 11) is -2.03. The summed E-state index contributed by atoms with van der Waals surface area (Å²) in [6.45, 7) is 2.33. The summed E-state index contributed by atoms with van der Waals surface area (Å²) in [5.41, 5.74) is 4.97. The Balaban J connectivity index is 1.66. The molecule has 0 aromatic heterocycles. The molecule has 0 saturated heterocycles. The van der Waals surface area contributed by atoms with Crippen molar-refractivity contribution in [2.24, 2.45) is 0 Å². The van der Waals surface area contributed by atoms with Gasteiger partial charge in [0, 0.05) is 0 Å². The molecule has 136 valence electrons. The Bertz CT molecular complexity index is 970. The molecule has 0 N–H and O–H groups in total. The second-order valence-corrected chi connectivity index (χ2v) is 11.7. The molecular formula is C26H22SSi. The van der Waals surface area contributed by atoms with E-state index in [2.05, 4.69) is 104 Å². The highest BCUT2D eigenvalue weighted by Crippen LogP contribution is 2.20. The SMILES string of the molecule is C[Si](C=S)(c1ccc(-c2ccccc2)cc1)c1ccc(-c2ccccc2)cc1. The van der Waals surface area contributed by atoms with E-state index in [9.17, 15) is 0 Å². The predicted molar refractivity (Wildman–Crippen MR) is 128 cm³/mol. The normalized spacial score (nSPS) is 11.2. The first-order valence-corrected chi connectivity index (χ1v) is 12.5. The van der Waals surface area contributed by atoms with Crippen molar-refractivity contribution in [3.8, 4) is 22.3 Å². The minimum atomic E-state index is -2.03. The lowest BCUT2D eigenvalue weighted by Gasteiger charge is -2.24. The van der Waals surface area contributed by atoms with Gasteiger partial charge in [0.2, 0.25) is 0 Å². The molecule has 0 nitrogen and oxygen atoms in total. The van der Waals surface area contributed by atoms with Crippen LogP contribution in [0.2, 0.25) is 6.55 Å². The van der Waals surface area contributed by atoms with Gasteiger partial charge in [-0.3, -0.25) is 0 Å². The van der Waals surface area contributed by atoms with Crippen molar-refractivity contribution in [2.75, 3.05) is 0 Å². The molecular weight excluding hydrogens is 372 g/mol. The molecule has 4 aromatic carbocycles. The highest BCUT2D eigenvalue weighted by atomic mass is 32.1. The van der Waals surface area contributed by atoms with Crippen LogP contribution >= 0.6 is 12.2 Å². The molecule has 0 saturated carbocycles. The Morgan fingerprint density at radius 3 is 1.14 bits per heavy atom. The standard InChI is InChI=1S/C26H22SSi/c1-28(20-27,25-16-12-23(13-17-25)21-8-4-2-5-9-21)26-18-14-24(15-19-26)22-10-6-3-7-11-22/h2-20H,1H3. The Morgan fingerprint density at radius 1 is 0.500 bits per heavy atom. The van der Waals surface area contributed by atoms with Crippen molar-refractivity contribution >= 4 is 35.7 Å². The Labute approximate surface area is 173 Å². The fourth-order valence-corrected chi connectivity index (χ4v) is 6.72. The van der Waals surface area contributed by atoms with E-state index in [1.54, 1.807) is 0 Å². The van der Waals surface area contributed by atoms with Gasteiger partial charge in [0.25, 0.3) is 0 Å². The third-order valence-corrected chi connectivity index (χ3v) is 10.4. The minimum Gasteiger partial charge on any atom is -0.0975 e. The molecule has 28 heavy (non-hydrogen) atoms. The number of thiocarbonyl (C=S) groups is 1. The first-order chi connectivity index (χ1) is 13.7. The number of rotatable bonds is 5. The third kappa shape index (κ3) is 3.62. The highest BCUT2D eigenvalue weighted by molar-refractivity contribution is 7.83. The van der Waals surface area contributed by atoms with E-state index in [1.165, 1.54) is 32.6 Å². The maximum absolute atomic E-state index is 5.54. The van der Waals surface area contributed by atoms with Gasteiger partial charge in [-0.2, -0.15) is 0 Å². The molecule has 0 spiro atoms. The van der Waals surface area contributed by atoms with Gasteiger partial charge in [-0.25, -0.2) is 0 Å². The van der Waals surface area contributed by atoms with Crippen LogP contribution in [-0.2, 0) is 0 Å². The number of hydrogen-bond donors (Lipinski definition) is 0. The molecule has 0 aliphatic heterocycles.